The lowest BCUT2D eigenvalue weighted by molar-refractivity contribution is -0.385. The Kier molecular flexibility index (Phi) is 7.03. The maximum absolute atomic E-state index is 13.4. The van der Waals surface area contributed by atoms with Crippen molar-refractivity contribution in [2.75, 3.05) is 12.4 Å². The highest BCUT2D eigenvalue weighted by atomic mass is 32.1. The number of nitro benzene ring substituents is 1. The Morgan fingerprint density at radius 1 is 1.23 bits per heavy atom. The van der Waals surface area contributed by atoms with Gasteiger partial charge < -0.3 is 10.1 Å². The van der Waals surface area contributed by atoms with E-state index in [0.717, 1.165) is 30.5 Å². The number of carbonyl (C=O) groups is 1. The highest BCUT2D eigenvalue weighted by Gasteiger charge is 2.33. The number of hydrogen-bond acceptors (Lipinski definition) is 6. The number of carbonyl (C=O) groups excluding carboxylic acids is 1. The van der Waals surface area contributed by atoms with Gasteiger partial charge in [0.2, 0.25) is 0 Å². The van der Waals surface area contributed by atoms with E-state index >= 15 is 0 Å². The fourth-order valence-electron chi connectivity index (χ4n) is 4.41. The van der Waals surface area contributed by atoms with E-state index in [-0.39, 0.29) is 22.8 Å². The molecule has 0 saturated heterocycles. The van der Waals surface area contributed by atoms with Gasteiger partial charge in [-0.1, -0.05) is 39.0 Å². The van der Waals surface area contributed by atoms with Crippen molar-refractivity contribution in [2.24, 2.45) is 16.3 Å². The Bertz CT molecular complexity index is 1280. The van der Waals surface area contributed by atoms with Crippen LogP contribution in [0.3, 0.4) is 0 Å². The molecule has 1 heterocycles. The van der Waals surface area contributed by atoms with Crippen LogP contribution in [-0.4, -0.2) is 24.2 Å². The number of nitrogens with zero attached hydrogens (tertiary/aromatic N) is 2. The van der Waals surface area contributed by atoms with E-state index in [2.05, 4.69) is 31.1 Å². The van der Waals surface area contributed by atoms with Crippen LogP contribution in [0.2, 0.25) is 0 Å². The van der Waals surface area contributed by atoms with Crippen molar-refractivity contribution in [2.45, 2.75) is 40.0 Å². The third-order valence-electron chi connectivity index (χ3n) is 6.46. The molecule has 0 saturated carbocycles. The number of benzene rings is 2. The van der Waals surface area contributed by atoms with E-state index < -0.39 is 4.92 Å². The van der Waals surface area contributed by atoms with Crippen LogP contribution in [0, 0.1) is 21.4 Å². The number of amides is 1. The average molecular weight is 492 g/mol. The molecule has 0 radical (unpaired) electrons. The number of rotatable bonds is 6. The normalized spacial score (nSPS) is 15.6. The first-order chi connectivity index (χ1) is 16.7. The molecular weight excluding hydrogens is 462 g/mol. The molecule has 1 amide bonds. The summed E-state index contributed by atoms with van der Waals surface area (Å²) in [5, 5.41) is 15.0. The molecule has 2 aromatic carbocycles. The second kappa shape index (κ2) is 10.00. The monoisotopic (exact) mass is 491 g/mol. The van der Waals surface area contributed by atoms with Gasteiger partial charge >= 0.3 is 5.69 Å². The lowest BCUT2D eigenvalue weighted by Gasteiger charge is -2.33. The van der Waals surface area contributed by atoms with Crippen LogP contribution in [0.5, 0.6) is 5.75 Å². The SMILES string of the molecule is COc1ccc(C=Nc2sc3c(c2C(=O)Nc2ccccc2)CC[C@H](C(C)(C)C)C3)cc1[N+](=O)[O-]. The molecule has 1 aliphatic carbocycles. The summed E-state index contributed by atoms with van der Waals surface area (Å²) in [4.78, 5) is 30.2. The van der Waals surface area contributed by atoms with Gasteiger partial charge in [-0.15, -0.1) is 11.3 Å². The van der Waals surface area contributed by atoms with Crippen LogP contribution in [-0.2, 0) is 12.8 Å². The summed E-state index contributed by atoms with van der Waals surface area (Å²) in [6.45, 7) is 6.78. The maximum Gasteiger partial charge on any atom is 0.311 e. The van der Waals surface area contributed by atoms with Gasteiger partial charge in [0.1, 0.15) is 5.00 Å². The number of para-hydroxylation sites is 1. The van der Waals surface area contributed by atoms with E-state index in [1.54, 1.807) is 29.7 Å². The van der Waals surface area contributed by atoms with Crippen LogP contribution in [0.1, 0.15) is 53.6 Å². The molecule has 0 bridgehead atoms. The maximum atomic E-state index is 13.4. The predicted octanol–water partition coefficient (Wildman–Crippen LogP) is 6.82. The second-order valence-corrected chi connectivity index (χ2v) is 10.8. The Labute approximate surface area is 209 Å². The molecule has 182 valence electrons. The Morgan fingerprint density at radius 2 is 1.97 bits per heavy atom. The minimum atomic E-state index is -0.481. The number of hydrogen-bond donors (Lipinski definition) is 1. The number of aliphatic imine (C=N–C) groups is 1. The van der Waals surface area contributed by atoms with Crippen LogP contribution >= 0.6 is 11.3 Å². The van der Waals surface area contributed by atoms with E-state index in [1.807, 2.05) is 30.3 Å². The fourth-order valence-corrected chi connectivity index (χ4v) is 5.68. The average Bonchev–Trinajstić information content (AvgIpc) is 3.20. The highest BCUT2D eigenvalue weighted by Crippen LogP contribution is 2.45. The Hall–Kier alpha value is -3.52. The van der Waals surface area contributed by atoms with Crippen molar-refractivity contribution in [1.82, 2.24) is 0 Å². The quantitative estimate of drug-likeness (QED) is 0.233. The number of methoxy groups -OCH3 is 1. The molecule has 1 atom stereocenters. The minimum absolute atomic E-state index is 0.128. The van der Waals surface area contributed by atoms with E-state index in [0.29, 0.717) is 22.0 Å². The van der Waals surface area contributed by atoms with Crippen molar-refractivity contribution < 1.29 is 14.5 Å². The first-order valence-electron chi connectivity index (χ1n) is 11.5. The molecular formula is C27H29N3O4S. The summed E-state index contributed by atoms with van der Waals surface area (Å²) in [5.41, 5.74) is 3.00. The largest absolute Gasteiger partial charge is 0.490 e. The van der Waals surface area contributed by atoms with Gasteiger partial charge in [-0.2, -0.15) is 0 Å². The summed E-state index contributed by atoms with van der Waals surface area (Å²) < 4.78 is 5.09. The van der Waals surface area contributed by atoms with Gasteiger partial charge in [-0.25, -0.2) is 4.99 Å². The molecule has 0 fully saturated rings. The molecule has 0 unspecified atom stereocenters. The number of nitrogens with one attached hydrogen (secondary N) is 1. The molecule has 3 aromatic rings. The van der Waals surface area contributed by atoms with Crippen LogP contribution in [0.4, 0.5) is 16.4 Å². The van der Waals surface area contributed by atoms with Gasteiger partial charge in [0.05, 0.1) is 17.6 Å². The summed E-state index contributed by atoms with van der Waals surface area (Å²) in [5.74, 6) is 0.533. The van der Waals surface area contributed by atoms with Crippen molar-refractivity contribution in [1.29, 1.82) is 0 Å². The van der Waals surface area contributed by atoms with Gasteiger partial charge in [0, 0.05) is 22.8 Å². The lowest BCUT2D eigenvalue weighted by Crippen LogP contribution is -2.27. The number of ether oxygens (including phenoxy) is 1. The smallest absolute Gasteiger partial charge is 0.311 e. The van der Waals surface area contributed by atoms with Gasteiger partial charge in [-0.05, 0) is 66.0 Å². The summed E-state index contributed by atoms with van der Waals surface area (Å²) >= 11 is 1.54. The Balaban J connectivity index is 1.72. The summed E-state index contributed by atoms with van der Waals surface area (Å²) in [7, 11) is 1.40. The van der Waals surface area contributed by atoms with Crippen molar-refractivity contribution in [3.63, 3.8) is 0 Å². The number of anilines is 1. The number of nitro groups is 1. The van der Waals surface area contributed by atoms with Gasteiger partial charge in [0.25, 0.3) is 5.91 Å². The third kappa shape index (κ3) is 5.43. The molecule has 1 aliphatic rings. The number of fused-ring (bicyclic) bond motifs is 1. The zero-order valence-electron chi connectivity index (χ0n) is 20.3. The zero-order valence-corrected chi connectivity index (χ0v) is 21.1. The van der Waals surface area contributed by atoms with Crippen LogP contribution in [0.25, 0.3) is 0 Å². The highest BCUT2D eigenvalue weighted by molar-refractivity contribution is 7.16. The zero-order chi connectivity index (χ0) is 25.2. The van der Waals surface area contributed by atoms with E-state index in [1.165, 1.54) is 18.1 Å². The van der Waals surface area contributed by atoms with Crippen molar-refractivity contribution in [3.05, 3.63) is 80.2 Å². The first kappa shape index (κ1) is 24.6. The van der Waals surface area contributed by atoms with Gasteiger partial charge in [0.15, 0.2) is 5.75 Å². The van der Waals surface area contributed by atoms with Crippen molar-refractivity contribution in [3.8, 4) is 5.75 Å². The summed E-state index contributed by atoms with van der Waals surface area (Å²) in [6.07, 6.45) is 4.34. The van der Waals surface area contributed by atoms with Crippen LogP contribution in [0.15, 0.2) is 53.5 Å². The van der Waals surface area contributed by atoms with Crippen LogP contribution < -0.4 is 10.1 Å². The second-order valence-electron chi connectivity index (χ2n) is 9.76. The fraction of sp³-hybridized carbons (Fsp3) is 0.333. The molecule has 8 heteroatoms. The molecule has 0 spiro atoms. The Morgan fingerprint density at radius 3 is 2.63 bits per heavy atom. The molecule has 4 rings (SSSR count). The standard InChI is InChI=1S/C27H29N3O4S/c1-27(2,3)18-11-12-20-23(15-18)35-26(24(20)25(31)29-19-8-6-5-7-9-19)28-16-17-10-13-22(34-4)21(14-17)30(32)33/h5-10,13-14,16,18H,11-12,15H2,1-4H3,(H,29,31)/t18-/m0/s1. The van der Waals surface area contributed by atoms with Gasteiger partial charge in [-0.3, -0.25) is 14.9 Å². The van der Waals surface area contributed by atoms with E-state index in [9.17, 15) is 14.9 Å². The lowest BCUT2D eigenvalue weighted by atomic mass is 9.72. The first-order valence-corrected chi connectivity index (χ1v) is 12.4. The number of thiophene rings is 1. The molecule has 1 aromatic heterocycles. The predicted molar refractivity (Wildman–Crippen MR) is 141 cm³/mol. The van der Waals surface area contributed by atoms with E-state index in [4.69, 9.17) is 4.74 Å². The molecule has 1 N–H and O–H groups in total. The summed E-state index contributed by atoms with van der Waals surface area (Å²) in [6, 6.07) is 14.0. The topological polar surface area (TPSA) is 93.8 Å². The minimum Gasteiger partial charge on any atom is -0.490 e. The third-order valence-corrected chi connectivity index (χ3v) is 7.62. The molecule has 0 aliphatic heterocycles. The molecule has 35 heavy (non-hydrogen) atoms. The molecule has 7 nitrogen and oxygen atoms in total. The van der Waals surface area contributed by atoms with Crippen molar-refractivity contribution >= 4 is 39.8 Å².